The van der Waals surface area contributed by atoms with Crippen molar-refractivity contribution in [2.75, 3.05) is 58.5 Å². The first-order chi connectivity index (χ1) is 11.2. The van der Waals surface area contributed by atoms with Crippen molar-refractivity contribution in [1.29, 1.82) is 0 Å². The molecule has 5 heteroatoms. The van der Waals surface area contributed by atoms with Crippen molar-refractivity contribution in [3.8, 4) is 0 Å². The Morgan fingerprint density at radius 1 is 1.04 bits per heavy atom. The van der Waals surface area contributed by atoms with Gasteiger partial charge in [-0.15, -0.1) is 0 Å². The van der Waals surface area contributed by atoms with Gasteiger partial charge in [0.15, 0.2) is 0 Å². The molecule has 0 bridgehead atoms. The average molecular weight is 318 g/mol. The number of fused-ring (bicyclic) bond motifs is 2. The second kappa shape index (κ2) is 6.99. The minimum Gasteiger partial charge on any atom is -0.383 e. The number of carbonyl (C=O) groups is 1. The maximum atomic E-state index is 13.2. The molecule has 0 unspecified atom stereocenters. The van der Waals surface area contributed by atoms with E-state index in [0.29, 0.717) is 13.2 Å². The average Bonchev–Trinajstić information content (AvgIpc) is 2.82. The van der Waals surface area contributed by atoms with Gasteiger partial charge in [0.2, 0.25) is 5.91 Å². The molecule has 5 nitrogen and oxygen atoms in total. The van der Waals surface area contributed by atoms with Gasteiger partial charge in [-0.25, -0.2) is 0 Å². The number of benzene rings is 1. The van der Waals surface area contributed by atoms with Gasteiger partial charge in [0.05, 0.1) is 18.6 Å². The molecule has 2 heterocycles. The molecule has 1 amide bonds. The molecule has 1 spiro atoms. The molecule has 1 aromatic rings. The largest absolute Gasteiger partial charge is 0.383 e. The van der Waals surface area contributed by atoms with Gasteiger partial charge in [-0.1, -0.05) is 18.2 Å². The van der Waals surface area contributed by atoms with E-state index in [1.165, 1.54) is 5.56 Å². The van der Waals surface area contributed by atoms with Crippen molar-refractivity contribution >= 4 is 11.6 Å². The summed E-state index contributed by atoms with van der Waals surface area (Å²) >= 11 is 0. The van der Waals surface area contributed by atoms with Crippen molar-refractivity contribution in [1.82, 2.24) is 4.90 Å². The number of piperidine rings is 1. The first kappa shape index (κ1) is 16.4. The topological polar surface area (TPSA) is 42.0 Å². The highest BCUT2D eigenvalue weighted by Gasteiger charge is 2.51. The lowest BCUT2D eigenvalue weighted by Crippen LogP contribution is -2.49. The summed E-state index contributed by atoms with van der Waals surface area (Å²) in [4.78, 5) is 17.5. The predicted molar refractivity (Wildman–Crippen MR) is 89.9 cm³/mol. The summed E-state index contributed by atoms with van der Waals surface area (Å²) in [7, 11) is 3.41. The first-order valence-corrected chi connectivity index (χ1v) is 8.34. The van der Waals surface area contributed by atoms with E-state index in [1.54, 1.807) is 14.2 Å². The molecule has 0 aromatic heterocycles. The van der Waals surface area contributed by atoms with Gasteiger partial charge in [-0.3, -0.25) is 4.79 Å². The van der Waals surface area contributed by atoms with Crippen molar-refractivity contribution in [3.05, 3.63) is 29.8 Å². The van der Waals surface area contributed by atoms with Crippen LogP contribution in [0.5, 0.6) is 0 Å². The van der Waals surface area contributed by atoms with Gasteiger partial charge in [0, 0.05) is 33.0 Å². The lowest BCUT2D eigenvalue weighted by molar-refractivity contribution is -0.125. The van der Waals surface area contributed by atoms with Crippen LogP contribution in [-0.4, -0.2) is 64.4 Å². The molecule has 2 aliphatic rings. The fourth-order valence-corrected chi connectivity index (χ4v) is 3.86. The van der Waals surface area contributed by atoms with Gasteiger partial charge >= 0.3 is 0 Å². The third-order valence-corrected chi connectivity index (χ3v) is 5.21. The summed E-state index contributed by atoms with van der Waals surface area (Å²) < 4.78 is 10.4. The summed E-state index contributed by atoms with van der Waals surface area (Å²) in [6.45, 7) is 4.77. The van der Waals surface area contributed by atoms with Crippen molar-refractivity contribution in [2.45, 2.75) is 18.3 Å². The predicted octanol–water partition coefficient (Wildman–Crippen LogP) is 1.66. The maximum absolute atomic E-state index is 13.2. The Bertz CT molecular complexity index is 553. The first-order valence-electron chi connectivity index (χ1n) is 8.34. The van der Waals surface area contributed by atoms with E-state index < -0.39 is 0 Å². The molecule has 3 rings (SSSR count). The monoisotopic (exact) mass is 318 g/mol. The number of ether oxygens (including phenoxy) is 2. The quantitative estimate of drug-likeness (QED) is 0.800. The van der Waals surface area contributed by atoms with Crippen molar-refractivity contribution in [3.63, 3.8) is 0 Å². The maximum Gasteiger partial charge on any atom is 0.237 e. The molecule has 0 N–H and O–H groups in total. The lowest BCUT2D eigenvalue weighted by atomic mass is 9.73. The minimum absolute atomic E-state index is 0.252. The van der Waals surface area contributed by atoms with Crippen LogP contribution in [0.2, 0.25) is 0 Å². The third kappa shape index (κ3) is 2.89. The second-order valence-electron chi connectivity index (χ2n) is 6.38. The van der Waals surface area contributed by atoms with Gasteiger partial charge in [0.1, 0.15) is 0 Å². The number of anilines is 1. The number of hydrogen-bond donors (Lipinski definition) is 0. The standard InChI is InChI=1S/C18H26N2O3/c1-22-13-11-19-9-7-18(8-10-19)15-5-3-4-6-16(15)20(17(18)21)12-14-23-2/h3-6H,7-14H2,1-2H3. The molecule has 2 aliphatic heterocycles. The Hall–Kier alpha value is -1.43. The summed E-state index contributed by atoms with van der Waals surface area (Å²) in [6, 6.07) is 8.25. The normalized spacial score (nSPS) is 20.3. The highest BCUT2D eigenvalue weighted by Crippen LogP contribution is 2.47. The Kier molecular flexibility index (Phi) is 4.99. The number of rotatable bonds is 6. The SMILES string of the molecule is COCCN1CCC2(CC1)C(=O)N(CCOC)c1ccccc12. The minimum atomic E-state index is -0.339. The molecular formula is C18H26N2O3. The van der Waals surface area contributed by atoms with Crippen LogP contribution in [0.25, 0.3) is 0 Å². The van der Waals surface area contributed by atoms with E-state index in [0.717, 1.165) is 44.8 Å². The van der Waals surface area contributed by atoms with E-state index >= 15 is 0 Å². The molecule has 0 saturated carbocycles. The fourth-order valence-electron chi connectivity index (χ4n) is 3.86. The van der Waals surface area contributed by atoms with Crippen molar-refractivity contribution < 1.29 is 14.3 Å². The Morgan fingerprint density at radius 3 is 2.39 bits per heavy atom. The molecule has 1 aromatic carbocycles. The summed E-state index contributed by atoms with van der Waals surface area (Å²) in [5.41, 5.74) is 1.93. The van der Waals surface area contributed by atoms with Crippen LogP contribution < -0.4 is 4.90 Å². The summed E-state index contributed by atoms with van der Waals surface area (Å²) in [6.07, 6.45) is 1.77. The molecule has 1 fully saturated rings. The van der Waals surface area contributed by atoms with Crippen LogP contribution >= 0.6 is 0 Å². The van der Waals surface area contributed by atoms with Gasteiger partial charge < -0.3 is 19.3 Å². The molecule has 23 heavy (non-hydrogen) atoms. The fraction of sp³-hybridized carbons (Fsp3) is 0.611. The molecule has 126 valence electrons. The Balaban J connectivity index is 1.81. The zero-order valence-corrected chi connectivity index (χ0v) is 14.1. The van der Waals surface area contributed by atoms with E-state index in [9.17, 15) is 4.79 Å². The zero-order chi connectivity index (χ0) is 16.3. The van der Waals surface area contributed by atoms with Gasteiger partial charge in [-0.2, -0.15) is 0 Å². The molecule has 0 atom stereocenters. The number of methoxy groups -OCH3 is 2. The van der Waals surface area contributed by atoms with Crippen LogP contribution in [0.1, 0.15) is 18.4 Å². The highest BCUT2D eigenvalue weighted by atomic mass is 16.5. The third-order valence-electron chi connectivity index (χ3n) is 5.21. The molecular weight excluding hydrogens is 292 g/mol. The van der Waals surface area contributed by atoms with E-state index in [1.807, 2.05) is 17.0 Å². The second-order valence-corrected chi connectivity index (χ2v) is 6.38. The highest BCUT2D eigenvalue weighted by molar-refractivity contribution is 6.08. The van der Waals surface area contributed by atoms with Crippen LogP contribution in [0.15, 0.2) is 24.3 Å². The van der Waals surface area contributed by atoms with Crippen LogP contribution in [0.3, 0.4) is 0 Å². The number of hydrogen-bond acceptors (Lipinski definition) is 4. The van der Waals surface area contributed by atoms with Crippen LogP contribution in [-0.2, 0) is 19.7 Å². The summed E-state index contributed by atoms with van der Waals surface area (Å²) in [5.74, 6) is 0.252. The van der Waals surface area contributed by atoms with Crippen LogP contribution in [0, 0.1) is 0 Å². The van der Waals surface area contributed by atoms with Gasteiger partial charge in [-0.05, 0) is 37.6 Å². The number of nitrogens with zero attached hydrogens (tertiary/aromatic N) is 2. The summed E-state index contributed by atoms with van der Waals surface area (Å²) in [5, 5.41) is 0. The number of amides is 1. The van der Waals surface area contributed by atoms with E-state index in [-0.39, 0.29) is 11.3 Å². The number of likely N-dealkylation sites (tertiary alicyclic amines) is 1. The lowest BCUT2D eigenvalue weighted by Gasteiger charge is -2.38. The van der Waals surface area contributed by atoms with Gasteiger partial charge in [0.25, 0.3) is 0 Å². The molecule has 0 radical (unpaired) electrons. The zero-order valence-electron chi connectivity index (χ0n) is 14.1. The number of para-hydroxylation sites is 1. The Morgan fingerprint density at radius 2 is 1.70 bits per heavy atom. The Labute approximate surface area is 138 Å². The van der Waals surface area contributed by atoms with E-state index in [4.69, 9.17) is 9.47 Å². The smallest absolute Gasteiger partial charge is 0.237 e. The number of carbonyl (C=O) groups excluding carboxylic acids is 1. The van der Waals surface area contributed by atoms with Crippen LogP contribution in [0.4, 0.5) is 5.69 Å². The molecule has 1 saturated heterocycles. The van der Waals surface area contributed by atoms with Crippen molar-refractivity contribution in [2.24, 2.45) is 0 Å². The van der Waals surface area contributed by atoms with E-state index in [2.05, 4.69) is 17.0 Å². The molecule has 0 aliphatic carbocycles.